The topological polar surface area (TPSA) is 96.0 Å². The molecule has 1 heterocycles. The van der Waals surface area contributed by atoms with Gasteiger partial charge in [-0.3, -0.25) is 0 Å². The number of benzene rings is 2. The smallest absolute Gasteiger partial charge is 0.417 e. The predicted octanol–water partition coefficient (Wildman–Crippen LogP) is 4.28. The maximum atomic E-state index is 13.1. The Morgan fingerprint density at radius 2 is 1.92 bits per heavy atom. The van der Waals surface area contributed by atoms with Gasteiger partial charge in [0.05, 0.1) is 22.1 Å². The van der Waals surface area contributed by atoms with Crippen molar-refractivity contribution in [3.8, 4) is 6.07 Å². The molecule has 0 saturated heterocycles. The maximum absolute atomic E-state index is 13.1. The second-order valence-electron chi connectivity index (χ2n) is 5.04. The summed E-state index contributed by atoms with van der Waals surface area (Å²) in [6.45, 7) is 0. The minimum Gasteiger partial charge on any atom is -0.423 e. The Balaban J connectivity index is 2.05. The van der Waals surface area contributed by atoms with Crippen LogP contribution in [0, 0.1) is 11.3 Å². The Kier molecular flexibility index (Phi) is 4.41. The Morgan fingerprint density at radius 1 is 1.23 bits per heavy atom. The highest BCUT2D eigenvalue weighted by Gasteiger charge is 2.37. The first-order chi connectivity index (χ1) is 12.1. The standard InChI is InChI=1S/C15H7BrF3N3O3S/c16-10-5-8(7-20)6-11-13(10)21-14(25-11)22-26(23,24)12-4-2-1-3-9(12)15(17,18)19/h1-6H,(H,21,22). The molecular formula is C15H7BrF3N3O3S. The molecule has 6 nitrogen and oxygen atoms in total. The first kappa shape index (κ1) is 18.2. The normalized spacial score (nSPS) is 12.1. The first-order valence-corrected chi connectivity index (χ1v) is 9.08. The van der Waals surface area contributed by atoms with E-state index in [9.17, 15) is 21.6 Å². The number of alkyl halides is 3. The molecule has 11 heteroatoms. The fourth-order valence-electron chi connectivity index (χ4n) is 2.20. The van der Waals surface area contributed by atoms with E-state index >= 15 is 0 Å². The SMILES string of the molecule is N#Cc1cc(Br)c2nc(NS(=O)(=O)c3ccccc3C(F)(F)F)oc2c1. The van der Waals surface area contributed by atoms with Crippen molar-refractivity contribution in [1.29, 1.82) is 5.26 Å². The van der Waals surface area contributed by atoms with E-state index in [1.54, 1.807) is 0 Å². The number of sulfonamides is 1. The van der Waals surface area contributed by atoms with Crippen LogP contribution >= 0.6 is 15.9 Å². The summed E-state index contributed by atoms with van der Waals surface area (Å²) in [5.74, 6) is 0. The fourth-order valence-corrected chi connectivity index (χ4v) is 3.89. The van der Waals surface area contributed by atoms with Gasteiger partial charge in [-0.15, -0.1) is 0 Å². The van der Waals surface area contributed by atoms with Crippen LogP contribution in [0.25, 0.3) is 11.1 Å². The molecule has 26 heavy (non-hydrogen) atoms. The first-order valence-electron chi connectivity index (χ1n) is 6.81. The van der Waals surface area contributed by atoms with Gasteiger partial charge in [0.25, 0.3) is 10.0 Å². The third kappa shape index (κ3) is 3.38. The van der Waals surface area contributed by atoms with Crippen LogP contribution < -0.4 is 4.72 Å². The molecule has 134 valence electrons. The van der Waals surface area contributed by atoms with Crippen molar-refractivity contribution in [2.75, 3.05) is 4.72 Å². The summed E-state index contributed by atoms with van der Waals surface area (Å²) >= 11 is 3.16. The minimum absolute atomic E-state index is 0.0951. The Bertz CT molecular complexity index is 1150. The number of fused-ring (bicyclic) bond motifs is 1. The number of halogens is 4. The predicted molar refractivity (Wildman–Crippen MR) is 88.7 cm³/mol. The van der Waals surface area contributed by atoms with Gasteiger partial charge in [-0.05, 0) is 34.1 Å². The summed E-state index contributed by atoms with van der Waals surface area (Å²) in [7, 11) is -4.61. The number of nitriles is 1. The minimum atomic E-state index is -4.85. The summed E-state index contributed by atoms with van der Waals surface area (Å²) in [5, 5.41) is 8.92. The lowest BCUT2D eigenvalue weighted by molar-refractivity contribution is -0.139. The summed E-state index contributed by atoms with van der Waals surface area (Å²) in [6.07, 6.45) is -4.85. The molecule has 0 atom stereocenters. The maximum Gasteiger partial charge on any atom is 0.417 e. The number of aromatic nitrogens is 1. The molecule has 0 radical (unpaired) electrons. The number of hydrogen-bond donors (Lipinski definition) is 1. The van der Waals surface area contributed by atoms with Crippen molar-refractivity contribution in [1.82, 2.24) is 4.98 Å². The van der Waals surface area contributed by atoms with Crippen LogP contribution in [0.5, 0.6) is 0 Å². The van der Waals surface area contributed by atoms with Gasteiger partial charge in [0.2, 0.25) is 0 Å². The van der Waals surface area contributed by atoms with Crippen LogP contribution in [0.3, 0.4) is 0 Å². The number of rotatable bonds is 3. The molecule has 0 fully saturated rings. The number of oxazole rings is 1. The van der Waals surface area contributed by atoms with E-state index in [2.05, 4.69) is 20.9 Å². The third-order valence-corrected chi connectivity index (χ3v) is 5.26. The highest BCUT2D eigenvalue weighted by Crippen LogP contribution is 2.35. The van der Waals surface area contributed by atoms with Gasteiger partial charge in [-0.2, -0.15) is 23.4 Å². The van der Waals surface area contributed by atoms with E-state index in [0.29, 0.717) is 10.5 Å². The Hall–Kier alpha value is -2.58. The number of anilines is 1. The summed E-state index contributed by atoms with van der Waals surface area (Å²) in [5.41, 5.74) is -0.766. The average Bonchev–Trinajstić information content (AvgIpc) is 2.96. The zero-order chi connectivity index (χ0) is 19.1. The van der Waals surface area contributed by atoms with Gasteiger partial charge in [0.1, 0.15) is 5.52 Å². The van der Waals surface area contributed by atoms with Crippen LogP contribution in [-0.2, 0) is 16.2 Å². The fraction of sp³-hybridized carbons (Fsp3) is 0.0667. The molecule has 0 bridgehead atoms. The molecule has 0 amide bonds. The average molecular weight is 446 g/mol. The van der Waals surface area contributed by atoms with Gasteiger partial charge in [0.15, 0.2) is 5.58 Å². The molecule has 2 aromatic carbocycles. The molecular weight excluding hydrogens is 439 g/mol. The highest BCUT2D eigenvalue weighted by molar-refractivity contribution is 9.10. The number of nitrogens with one attached hydrogen (secondary N) is 1. The molecule has 3 aromatic rings. The van der Waals surface area contributed by atoms with Crippen LogP contribution in [0.4, 0.5) is 19.2 Å². The molecule has 3 rings (SSSR count). The van der Waals surface area contributed by atoms with E-state index in [0.717, 1.165) is 12.1 Å². The lowest BCUT2D eigenvalue weighted by Gasteiger charge is -2.12. The van der Waals surface area contributed by atoms with E-state index in [4.69, 9.17) is 9.68 Å². The molecule has 0 aliphatic carbocycles. The van der Waals surface area contributed by atoms with Crippen LogP contribution in [-0.4, -0.2) is 13.4 Å². The van der Waals surface area contributed by atoms with Crippen LogP contribution in [0.2, 0.25) is 0 Å². The molecule has 0 spiro atoms. The molecule has 0 aliphatic rings. The van der Waals surface area contributed by atoms with Crippen molar-refractivity contribution >= 4 is 43.1 Å². The summed E-state index contributed by atoms with van der Waals surface area (Å²) in [6, 6.07) is 7.89. The molecule has 1 aromatic heterocycles. The Morgan fingerprint density at radius 3 is 2.58 bits per heavy atom. The summed E-state index contributed by atoms with van der Waals surface area (Å²) < 4.78 is 71.4. The van der Waals surface area contributed by atoms with Gasteiger partial charge in [0, 0.05) is 10.5 Å². The van der Waals surface area contributed by atoms with Crippen LogP contribution in [0.1, 0.15) is 11.1 Å². The van der Waals surface area contributed by atoms with Crippen molar-refractivity contribution in [2.45, 2.75) is 11.1 Å². The molecule has 0 aliphatic heterocycles. The van der Waals surface area contributed by atoms with E-state index < -0.39 is 32.7 Å². The number of nitrogens with zero attached hydrogens (tertiary/aromatic N) is 2. The van der Waals surface area contributed by atoms with Crippen molar-refractivity contribution in [2.24, 2.45) is 0 Å². The third-order valence-electron chi connectivity index (χ3n) is 3.28. The van der Waals surface area contributed by atoms with Gasteiger partial charge in [-0.25, -0.2) is 13.1 Å². The van der Waals surface area contributed by atoms with E-state index in [1.807, 2.05) is 10.8 Å². The van der Waals surface area contributed by atoms with Crippen molar-refractivity contribution < 1.29 is 26.0 Å². The zero-order valence-electron chi connectivity index (χ0n) is 12.5. The lowest BCUT2D eigenvalue weighted by atomic mass is 10.2. The van der Waals surface area contributed by atoms with E-state index in [-0.39, 0.29) is 16.7 Å². The molecule has 0 unspecified atom stereocenters. The lowest BCUT2D eigenvalue weighted by Crippen LogP contribution is -2.19. The number of hydrogen-bond acceptors (Lipinski definition) is 5. The van der Waals surface area contributed by atoms with Gasteiger partial charge < -0.3 is 4.42 Å². The van der Waals surface area contributed by atoms with Gasteiger partial charge >= 0.3 is 12.2 Å². The second kappa shape index (κ2) is 6.30. The van der Waals surface area contributed by atoms with Crippen molar-refractivity contribution in [3.05, 3.63) is 52.0 Å². The van der Waals surface area contributed by atoms with Crippen molar-refractivity contribution in [3.63, 3.8) is 0 Å². The Labute approximate surface area is 153 Å². The largest absolute Gasteiger partial charge is 0.423 e. The second-order valence-corrected chi connectivity index (χ2v) is 7.54. The highest BCUT2D eigenvalue weighted by atomic mass is 79.9. The van der Waals surface area contributed by atoms with Crippen LogP contribution in [0.15, 0.2) is 50.2 Å². The summed E-state index contributed by atoms with van der Waals surface area (Å²) in [4.78, 5) is 2.94. The zero-order valence-corrected chi connectivity index (χ0v) is 14.9. The van der Waals surface area contributed by atoms with Gasteiger partial charge in [-0.1, -0.05) is 12.1 Å². The monoisotopic (exact) mass is 445 g/mol. The quantitative estimate of drug-likeness (QED) is 0.648. The van der Waals surface area contributed by atoms with E-state index in [1.165, 1.54) is 18.2 Å². The molecule has 0 saturated carbocycles. The molecule has 1 N–H and O–H groups in total.